The van der Waals surface area contributed by atoms with Crippen LogP contribution in [0.25, 0.3) is 0 Å². The van der Waals surface area contributed by atoms with Crippen LogP contribution in [0.1, 0.15) is 56.1 Å². The number of benzene rings is 1. The third-order valence-electron chi connectivity index (χ3n) is 7.09. The van der Waals surface area contributed by atoms with Gasteiger partial charge in [0.05, 0.1) is 11.7 Å². The molecule has 2 fully saturated rings. The topological polar surface area (TPSA) is 86.6 Å². The molecule has 1 aromatic heterocycles. The first-order valence-corrected chi connectivity index (χ1v) is 12.4. The van der Waals surface area contributed by atoms with E-state index in [9.17, 15) is 13.5 Å². The molecular weight excluding hydrogens is 412 g/mol. The summed E-state index contributed by atoms with van der Waals surface area (Å²) in [5.41, 5.74) is 1.67. The second-order valence-corrected chi connectivity index (χ2v) is 10.7. The number of likely N-dealkylation sites (tertiary alicyclic amines) is 1. The van der Waals surface area contributed by atoms with Gasteiger partial charge in [-0.3, -0.25) is 9.88 Å². The van der Waals surface area contributed by atoms with Crippen LogP contribution in [0, 0.1) is 0 Å². The molecule has 1 aromatic carbocycles. The number of rotatable bonds is 4. The van der Waals surface area contributed by atoms with Crippen molar-refractivity contribution in [2.24, 2.45) is 0 Å². The van der Waals surface area contributed by atoms with Gasteiger partial charge in [0.15, 0.2) is 5.82 Å². The van der Waals surface area contributed by atoms with E-state index in [0.717, 1.165) is 31.5 Å². The number of sulfonamides is 1. The maximum atomic E-state index is 12.8. The Morgan fingerprint density at radius 1 is 1.26 bits per heavy atom. The van der Waals surface area contributed by atoms with Crippen LogP contribution in [-0.2, 0) is 16.6 Å². The lowest BCUT2D eigenvalue weighted by atomic mass is 9.79. The van der Waals surface area contributed by atoms with Gasteiger partial charge in [-0.05, 0) is 61.8 Å². The van der Waals surface area contributed by atoms with E-state index in [0.29, 0.717) is 30.3 Å². The summed E-state index contributed by atoms with van der Waals surface area (Å²) in [5.74, 6) is 1.26. The fraction of sp³-hybridized carbons (Fsp3) is 0.478. The summed E-state index contributed by atoms with van der Waals surface area (Å²) in [4.78, 5) is 10.7. The van der Waals surface area contributed by atoms with E-state index in [1.807, 2.05) is 18.2 Å². The molecule has 8 heteroatoms. The molecular formula is C23H28N4O3S. The predicted octanol–water partition coefficient (Wildman–Crippen LogP) is 3.54. The van der Waals surface area contributed by atoms with E-state index in [2.05, 4.69) is 27.9 Å². The van der Waals surface area contributed by atoms with Crippen molar-refractivity contribution < 1.29 is 13.5 Å². The van der Waals surface area contributed by atoms with Crippen LogP contribution >= 0.6 is 0 Å². The predicted molar refractivity (Wildman–Crippen MR) is 119 cm³/mol. The largest absolute Gasteiger partial charge is 0.508 e. The van der Waals surface area contributed by atoms with Crippen molar-refractivity contribution in [2.75, 3.05) is 10.8 Å². The monoisotopic (exact) mass is 440 g/mol. The molecule has 2 aromatic rings. The molecule has 0 bridgehead atoms. The number of phenolic OH excluding ortho intramolecular Hbond substituents is 1. The number of piperidine rings is 1. The zero-order valence-corrected chi connectivity index (χ0v) is 18.5. The lowest BCUT2D eigenvalue weighted by Crippen LogP contribution is -2.56. The SMILES string of the molecule is C[C@H]1C[C@@]2(C=CS(=O)(=O)N2c2cnccn2)CCN1Cc1ccc(O)c(C2CCC2)c1. The van der Waals surface area contributed by atoms with Crippen LogP contribution in [0.3, 0.4) is 0 Å². The fourth-order valence-corrected chi connectivity index (χ4v) is 6.84. The van der Waals surface area contributed by atoms with Crippen LogP contribution < -0.4 is 4.31 Å². The van der Waals surface area contributed by atoms with Gasteiger partial charge in [-0.15, -0.1) is 0 Å². The zero-order valence-electron chi connectivity index (χ0n) is 17.7. The average molecular weight is 441 g/mol. The van der Waals surface area contributed by atoms with E-state index in [1.54, 1.807) is 6.20 Å². The molecule has 0 amide bonds. The van der Waals surface area contributed by atoms with E-state index in [4.69, 9.17) is 0 Å². The maximum Gasteiger partial charge on any atom is 0.259 e. The summed E-state index contributed by atoms with van der Waals surface area (Å²) in [7, 11) is -3.56. The Balaban J connectivity index is 1.35. The number of nitrogens with zero attached hydrogens (tertiary/aromatic N) is 4. The van der Waals surface area contributed by atoms with E-state index < -0.39 is 15.6 Å². The molecule has 0 unspecified atom stereocenters. The lowest BCUT2D eigenvalue weighted by Gasteiger charge is -2.46. The van der Waals surface area contributed by atoms with Crippen molar-refractivity contribution in [3.63, 3.8) is 0 Å². The molecule has 1 saturated heterocycles. The number of anilines is 1. The van der Waals surface area contributed by atoms with Crippen molar-refractivity contribution in [1.82, 2.24) is 14.9 Å². The summed E-state index contributed by atoms with van der Waals surface area (Å²) in [5, 5.41) is 11.6. The van der Waals surface area contributed by atoms with Gasteiger partial charge in [-0.2, -0.15) is 0 Å². The van der Waals surface area contributed by atoms with Gasteiger partial charge >= 0.3 is 0 Å². The smallest absolute Gasteiger partial charge is 0.259 e. The minimum absolute atomic E-state index is 0.187. The number of hydrogen-bond donors (Lipinski definition) is 1. The van der Waals surface area contributed by atoms with Gasteiger partial charge in [0.2, 0.25) is 0 Å². The highest BCUT2D eigenvalue weighted by Gasteiger charge is 2.49. The quantitative estimate of drug-likeness (QED) is 0.783. The molecule has 7 nitrogen and oxygen atoms in total. The van der Waals surface area contributed by atoms with Crippen LogP contribution in [0.2, 0.25) is 0 Å². The van der Waals surface area contributed by atoms with Crippen LogP contribution in [0.5, 0.6) is 5.75 Å². The number of phenols is 1. The lowest BCUT2D eigenvalue weighted by molar-refractivity contribution is 0.119. The summed E-state index contributed by atoms with van der Waals surface area (Å²) < 4.78 is 27.1. The van der Waals surface area contributed by atoms with Crippen molar-refractivity contribution in [3.05, 3.63) is 59.4 Å². The normalized spacial score (nSPS) is 28.2. The molecule has 31 heavy (non-hydrogen) atoms. The number of aromatic hydroxyl groups is 1. The maximum absolute atomic E-state index is 12.8. The second-order valence-electron chi connectivity index (χ2n) is 9.07. The molecule has 1 aliphatic carbocycles. The standard InChI is InChI=1S/C23H28N4O3S/c1-17-14-23(8-12-31(29,30)27(23)22-15-24-9-10-25-22)7-11-26(17)16-18-5-6-21(28)20(13-18)19-3-2-4-19/h5-6,8-10,12-13,15,17,19,28H,2-4,7,11,14,16H2,1H3/t17-,23-/m0/s1. The Morgan fingerprint density at radius 2 is 2.10 bits per heavy atom. The molecule has 2 atom stereocenters. The van der Waals surface area contributed by atoms with E-state index in [1.165, 1.54) is 34.1 Å². The molecule has 5 rings (SSSR count). The summed E-state index contributed by atoms with van der Waals surface area (Å²) >= 11 is 0. The van der Waals surface area contributed by atoms with Gasteiger partial charge in [0.1, 0.15) is 5.75 Å². The van der Waals surface area contributed by atoms with Crippen molar-refractivity contribution in [3.8, 4) is 5.75 Å². The summed E-state index contributed by atoms with van der Waals surface area (Å²) in [6.45, 7) is 3.72. The zero-order chi connectivity index (χ0) is 21.6. The van der Waals surface area contributed by atoms with Crippen LogP contribution in [0.4, 0.5) is 5.82 Å². The highest BCUT2D eigenvalue weighted by Crippen LogP contribution is 2.43. The van der Waals surface area contributed by atoms with Crippen molar-refractivity contribution in [2.45, 2.75) is 63.1 Å². The fourth-order valence-electron chi connectivity index (χ4n) is 5.20. The molecule has 1 spiro atoms. The summed E-state index contributed by atoms with van der Waals surface area (Å²) in [6.07, 6.45) is 11.3. The number of hydrogen-bond acceptors (Lipinski definition) is 6. The van der Waals surface area contributed by atoms with E-state index in [-0.39, 0.29) is 6.04 Å². The Hall–Kier alpha value is -2.45. The second kappa shape index (κ2) is 7.60. The molecule has 164 valence electrons. The average Bonchev–Trinajstić information content (AvgIpc) is 2.96. The van der Waals surface area contributed by atoms with Crippen molar-refractivity contribution in [1.29, 1.82) is 0 Å². The van der Waals surface area contributed by atoms with Gasteiger partial charge in [0, 0.05) is 36.9 Å². The van der Waals surface area contributed by atoms with Gasteiger partial charge in [-0.1, -0.05) is 18.6 Å². The first kappa shape index (κ1) is 20.5. The minimum Gasteiger partial charge on any atom is -0.508 e. The highest BCUT2D eigenvalue weighted by atomic mass is 32.2. The number of aromatic nitrogens is 2. The Labute approximate surface area is 183 Å². The molecule has 1 saturated carbocycles. The third-order valence-corrected chi connectivity index (χ3v) is 8.63. The third kappa shape index (κ3) is 3.61. The molecule has 2 aliphatic heterocycles. The molecule has 0 radical (unpaired) electrons. The molecule has 1 N–H and O–H groups in total. The van der Waals surface area contributed by atoms with Crippen molar-refractivity contribution >= 4 is 15.8 Å². The van der Waals surface area contributed by atoms with Gasteiger partial charge in [-0.25, -0.2) is 17.7 Å². The minimum atomic E-state index is -3.56. The van der Waals surface area contributed by atoms with E-state index >= 15 is 0 Å². The van der Waals surface area contributed by atoms with Gasteiger partial charge < -0.3 is 5.11 Å². The Morgan fingerprint density at radius 3 is 2.77 bits per heavy atom. The first-order chi connectivity index (χ1) is 14.9. The van der Waals surface area contributed by atoms with Crippen LogP contribution in [-0.4, -0.2) is 46.5 Å². The van der Waals surface area contributed by atoms with Gasteiger partial charge in [0.25, 0.3) is 10.0 Å². The first-order valence-electron chi connectivity index (χ1n) is 10.9. The Kier molecular flexibility index (Phi) is 5.01. The molecule has 3 aliphatic rings. The highest BCUT2D eigenvalue weighted by molar-refractivity contribution is 7.96. The summed E-state index contributed by atoms with van der Waals surface area (Å²) in [6, 6.07) is 6.16. The molecule has 3 heterocycles. The Bertz CT molecular complexity index is 1100. The van der Waals surface area contributed by atoms with Crippen LogP contribution in [0.15, 0.2) is 48.3 Å².